The van der Waals surface area contributed by atoms with E-state index in [9.17, 15) is 18.4 Å². The van der Waals surface area contributed by atoms with E-state index >= 15 is 0 Å². The summed E-state index contributed by atoms with van der Waals surface area (Å²) in [5.41, 5.74) is 1.75. The number of hydrogen-bond acceptors (Lipinski definition) is 3. The molecule has 1 aromatic carbocycles. The molecule has 134 valence electrons. The van der Waals surface area contributed by atoms with E-state index in [0.717, 1.165) is 5.70 Å². The molecule has 2 amide bonds. The summed E-state index contributed by atoms with van der Waals surface area (Å²) in [5.74, 6) is 0.0271. The Hall–Kier alpha value is -2.44. The van der Waals surface area contributed by atoms with Crippen molar-refractivity contribution in [2.75, 3.05) is 7.05 Å². The van der Waals surface area contributed by atoms with Crippen molar-refractivity contribution in [1.29, 1.82) is 0 Å². The number of ether oxygens (including phenoxy) is 1. The zero-order chi connectivity index (χ0) is 18.4. The van der Waals surface area contributed by atoms with Gasteiger partial charge in [0.15, 0.2) is 5.78 Å². The predicted octanol–water partition coefficient (Wildman–Crippen LogP) is 3.63. The number of nitrogens with one attached hydrogen (secondary N) is 1. The van der Waals surface area contributed by atoms with Crippen molar-refractivity contribution < 1.29 is 23.1 Å². The molecule has 7 heteroatoms. The van der Waals surface area contributed by atoms with E-state index in [-0.39, 0.29) is 23.0 Å². The molecule has 0 radical (unpaired) electrons. The van der Waals surface area contributed by atoms with Crippen LogP contribution in [0.15, 0.2) is 35.5 Å². The summed E-state index contributed by atoms with van der Waals surface area (Å²) in [6.45, 7) is 1.10. The fourth-order valence-electron chi connectivity index (χ4n) is 3.44. The number of carbonyl (C=O) groups is 2. The van der Waals surface area contributed by atoms with Gasteiger partial charge in [-0.15, -0.1) is 0 Å². The van der Waals surface area contributed by atoms with Gasteiger partial charge >= 0.3 is 12.6 Å². The molecule has 1 unspecified atom stereocenters. The zero-order valence-corrected chi connectivity index (χ0v) is 14.3. The lowest BCUT2D eigenvalue weighted by atomic mass is 9.72. The molecule has 5 nitrogen and oxygen atoms in total. The number of Topliss-reactive ketones (excluding diaryl/α,β-unsaturated/α-hetero) is 1. The van der Waals surface area contributed by atoms with Crippen LogP contribution in [0.5, 0.6) is 5.75 Å². The number of allylic oxidation sites excluding steroid dienone is 1. The number of nitrogens with zero attached hydrogens (tertiary/aromatic N) is 1. The molecule has 1 atom stereocenters. The number of hydrogen-bond donors (Lipinski definition) is 1. The molecule has 0 saturated heterocycles. The summed E-state index contributed by atoms with van der Waals surface area (Å²) < 4.78 is 28.9. The van der Waals surface area contributed by atoms with E-state index in [1.807, 2.05) is 13.8 Å². The Morgan fingerprint density at radius 1 is 1.20 bits per heavy atom. The van der Waals surface area contributed by atoms with Gasteiger partial charge in [0.25, 0.3) is 0 Å². The third-order valence-electron chi connectivity index (χ3n) is 4.60. The van der Waals surface area contributed by atoms with Crippen molar-refractivity contribution >= 4 is 11.8 Å². The van der Waals surface area contributed by atoms with E-state index in [1.54, 1.807) is 19.2 Å². The third kappa shape index (κ3) is 3.36. The van der Waals surface area contributed by atoms with Gasteiger partial charge in [-0.1, -0.05) is 26.0 Å². The first-order chi connectivity index (χ1) is 11.7. The fourth-order valence-corrected chi connectivity index (χ4v) is 3.44. The molecule has 1 N–H and O–H groups in total. The first-order valence-corrected chi connectivity index (χ1v) is 8.03. The van der Waals surface area contributed by atoms with Crippen LogP contribution in [0.2, 0.25) is 0 Å². The lowest BCUT2D eigenvalue weighted by Gasteiger charge is -2.42. The van der Waals surface area contributed by atoms with Crippen LogP contribution in [0.4, 0.5) is 13.6 Å². The number of ketones is 1. The minimum absolute atomic E-state index is 0.00370. The van der Waals surface area contributed by atoms with Crippen molar-refractivity contribution in [3.8, 4) is 5.75 Å². The highest BCUT2D eigenvalue weighted by Gasteiger charge is 2.42. The van der Waals surface area contributed by atoms with Crippen LogP contribution >= 0.6 is 0 Å². The monoisotopic (exact) mass is 350 g/mol. The minimum atomic E-state index is -2.90. The molecule has 0 saturated carbocycles. The van der Waals surface area contributed by atoms with Crippen LogP contribution in [0, 0.1) is 5.41 Å². The average Bonchev–Trinajstić information content (AvgIpc) is 2.50. The van der Waals surface area contributed by atoms with Crippen LogP contribution in [0.25, 0.3) is 0 Å². The van der Waals surface area contributed by atoms with E-state index in [2.05, 4.69) is 10.1 Å². The number of benzene rings is 1. The Morgan fingerprint density at radius 3 is 2.44 bits per heavy atom. The molecule has 3 rings (SSSR count). The van der Waals surface area contributed by atoms with Crippen molar-refractivity contribution in [1.82, 2.24) is 10.2 Å². The van der Waals surface area contributed by atoms with Gasteiger partial charge in [-0.25, -0.2) is 4.79 Å². The normalized spacial score (nSPS) is 22.8. The Labute approximate surface area is 144 Å². The van der Waals surface area contributed by atoms with Crippen molar-refractivity contribution in [2.45, 2.75) is 39.3 Å². The van der Waals surface area contributed by atoms with Crippen molar-refractivity contribution in [3.63, 3.8) is 0 Å². The Morgan fingerprint density at radius 2 is 1.84 bits per heavy atom. The van der Waals surface area contributed by atoms with Crippen LogP contribution < -0.4 is 10.1 Å². The Bertz CT molecular complexity index is 741. The number of halogens is 2. The van der Waals surface area contributed by atoms with Gasteiger partial charge in [0.2, 0.25) is 0 Å². The highest BCUT2D eigenvalue weighted by molar-refractivity contribution is 6.01. The maximum atomic E-state index is 12.7. The number of carbonyl (C=O) groups excluding carboxylic acids is 2. The van der Waals surface area contributed by atoms with Crippen LogP contribution in [0.1, 0.15) is 38.3 Å². The topological polar surface area (TPSA) is 58.6 Å². The van der Waals surface area contributed by atoms with Gasteiger partial charge in [0.05, 0.1) is 6.04 Å². The predicted molar refractivity (Wildman–Crippen MR) is 87.2 cm³/mol. The van der Waals surface area contributed by atoms with E-state index in [1.165, 1.54) is 17.0 Å². The number of rotatable bonds is 3. The Balaban J connectivity index is 1.99. The van der Waals surface area contributed by atoms with Gasteiger partial charge in [-0.3, -0.25) is 4.79 Å². The van der Waals surface area contributed by atoms with Gasteiger partial charge in [0, 0.05) is 24.7 Å². The quantitative estimate of drug-likeness (QED) is 0.906. The molecule has 0 spiro atoms. The highest BCUT2D eigenvalue weighted by Crippen LogP contribution is 2.43. The van der Waals surface area contributed by atoms with Crippen molar-refractivity contribution in [2.24, 2.45) is 5.41 Å². The summed E-state index contributed by atoms with van der Waals surface area (Å²) in [4.78, 5) is 26.5. The molecule has 0 fully saturated rings. The number of amides is 2. The van der Waals surface area contributed by atoms with Gasteiger partial charge < -0.3 is 15.0 Å². The average molecular weight is 350 g/mol. The lowest BCUT2D eigenvalue weighted by Crippen LogP contribution is -2.49. The second-order valence-electron chi connectivity index (χ2n) is 7.19. The van der Waals surface area contributed by atoms with E-state index in [4.69, 9.17) is 0 Å². The molecule has 1 aliphatic carbocycles. The number of alkyl halides is 2. The first-order valence-electron chi connectivity index (χ1n) is 8.03. The standard InChI is InChI=1S/C18H20F2N2O3/c1-18(2)8-12-14(13(23)9-18)15(21-17(24)22(12)3)10-4-6-11(7-5-10)25-16(19)20/h4-7,15-16H,8-9H2,1-3H3,(H,21,24). The Kier molecular flexibility index (Phi) is 4.26. The third-order valence-corrected chi connectivity index (χ3v) is 4.60. The fraction of sp³-hybridized carbons (Fsp3) is 0.444. The second-order valence-corrected chi connectivity index (χ2v) is 7.19. The van der Waals surface area contributed by atoms with E-state index < -0.39 is 12.7 Å². The smallest absolute Gasteiger partial charge is 0.387 e. The molecule has 25 heavy (non-hydrogen) atoms. The number of urea groups is 1. The van der Waals surface area contributed by atoms with Crippen LogP contribution in [-0.4, -0.2) is 30.4 Å². The van der Waals surface area contributed by atoms with Gasteiger partial charge in [-0.05, 0) is 29.5 Å². The molecule has 1 aliphatic heterocycles. The van der Waals surface area contributed by atoms with Gasteiger partial charge in [0.1, 0.15) is 5.75 Å². The van der Waals surface area contributed by atoms with Gasteiger partial charge in [-0.2, -0.15) is 8.78 Å². The summed E-state index contributed by atoms with van der Waals surface area (Å²) >= 11 is 0. The van der Waals surface area contributed by atoms with E-state index in [0.29, 0.717) is 24.0 Å². The molecular formula is C18H20F2N2O3. The summed E-state index contributed by atoms with van der Waals surface area (Å²) in [7, 11) is 1.65. The molecular weight excluding hydrogens is 330 g/mol. The van der Waals surface area contributed by atoms with Crippen molar-refractivity contribution in [3.05, 3.63) is 41.1 Å². The summed E-state index contributed by atoms with van der Waals surface area (Å²) in [6, 6.07) is 5.12. The maximum absolute atomic E-state index is 12.7. The zero-order valence-electron chi connectivity index (χ0n) is 14.3. The van der Waals surface area contributed by atoms with Crippen LogP contribution in [0.3, 0.4) is 0 Å². The molecule has 1 aromatic rings. The summed E-state index contributed by atoms with van der Waals surface area (Å²) in [6.07, 6.45) is 1.03. The highest BCUT2D eigenvalue weighted by atomic mass is 19.3. The molecule has 0 aromatic heterocycles. The SMILES string of the molecule is CN1C(=O)NC(c2ccc(OC(F)F)cc2)C2=C1CC(C)(C)CC2=O. The largest absolute Gasteiger partial charge is 0.435 e. The summed E-state index contributed by atoms with van der Waals surface area (Å²) in [5, 5.41) is 2.82. The second kappa shape index (κ2) is 6.13. The van der Waals surface area contributed by atoms with Crippen LogP contribution in [-0.2, 0) is 4.79 Å². The maximum Gasteiger partial charge on any atom is 0.387 e. The first kappa shape index (κ1) is 17.4. The minimum Gasteiger partial charge on any atom is -0.435 e. The molecule has 0 bridgehead atoms. The lowest BCUT2D eigenvalue weighted by molar-refractivity contribution is -0.118. The molecule has 2 aliphatic rings. The molecule has 1 heterocycles.